The molecule has 0 fully saturated rings. The van der Waals surface area contributed by atoms with Crippen LogP contribution in [0.3, 0.4) is 0 Å². The highest BCUT2D eigenvalue weighted by Gasteiger charge is 2.42. The van der Waals surface area contributed by atoms with Crippen molar-refractivity contribution in [3.63, 3.8) is 0 Å². The molecule has 0 radical (unpaired) electrons. The summed E-state index contributed by atoms with van der Waals surface area (Å²) in [6, 6.07) is 20.4. The maximum atomic E-state index is 13.6. The molecule has 0 aliphatic carbocycles. The Bertz CT molecular complexity index is 1380. The van der Waals surface area contributed by atoms with Crippen LogP contribution in [0.5, 0.6) is 11.5 Å². The van der Waals surface area contributed by atoms with Crippen molar-refractivity contribution < 1.29 is 14.3 Å². The molecule has 35 heavy (non-hydrogen) atoms. The Kier molecular flexibility index (Phi) is 6.41. The zero-order valence-corrected chi connectivity index (χ0v) is 20.7. The third-order valence-corrected chi connectivity index (χ3v) is 6.87. The van der Waals surface area contributed by atoms with Crippen LogP contribution in [0.4, 0.5) is 0 Å². The van der Waals surface area contributed by atoms with Gasteiger partial charge in [-0.15, -0.1) is 0 Å². The minimum atomic E-state index is -0.379. The number of carbonyl (C=O) groups is 1. The molecule has 8 heteroatoms. The number of amides is 1. The van der Waals surface area contributed by atoms with Crippen LogP contribution in [0.15, 0.2) is 66.7 Å². The van der Waals surface area contributed by atoms with Crippen molar-refractivity contribution in [3.05, 3.63) is 99.2 Å². The number of carbonyl (C=O) groups excluding carboxylic acids is 1. The van der Waals surface area contributed by atoms with Crippen LogP contribution in [0.25, 0.3) is 11.3 Å². The zero-order valence-electron chi connectivity index (χ0n) is 19.2. The lowest BCUT2D eigenvalue weighted by Crippen LogP contribution is -2.31. The Morgan fingerprint density at radius 3 is 2.43 bits per heavy atom. The molecule has 1 unspecified atom stereocenters. The number of rotatable bonds is 7. The Hall–Kier alpha value is -3.48. The maximum Gasteiger partial charge on any atom is 0.273 e. The first-order valence-corrected chi connectivity index (χ1v) is 11.9. The van der Waals surface area contributed by atoms with Gasteiger partial charge in [-0.2, -0.15) is 5.10 Å². The third-order valence-electron chi connectivity index (χ3n) is 6.27. The molecule has 0 spiro atoms. The standard InChI is InChI=1S/C27H23Cl2N3O3/c1-34-21-12-7-16(15-22(21)35-2)13-14-32-26(19-5-3-4-6-20(19)29)23-24(30-31-25(23)27(32)33)17-8-10-18(28)11-9-17/h3-12,15,26H,13-14H2,1-2H3,(H,30,31). The smallest absolute Gasteiger partial charge is 0.273 e. The molecule has 6 nitrogen and oxygen atoms in total. The zero-order chi connectivity index (χ0) is 24.5. The molecule has 1 aliphatic rings. The second-order valence-electron chi connectivity index (χ2n) is 8.23. The summed E-state index contributed by atoms with van der Waals surface area (Å²) in [5.41, 5.74) is 4.76. The minimum absolute atomic E-state index is 0.113. The van der Waals surface area contributed by atoms with E-state index in [0.717, 1.165) is 22.3 Å². The van der Waals surface area contributed by atoms with Crippen molar-refractivity contribution >= 4 is 29.1 Å². The van der Waals surface area contributed by atoms with Gasteiger partial charge in [0.25, 0.3) is 5.91 Å². The summed E-state index contributed by atoms with van der Waals surface area (Å²) in [5.74, 6) is 1.20. The van der Waals surface area contributed by atoms with E-state index in [1.807, 2.05) is 71.6 Å². The molecule has 1 atom stereocenters. The summed E-state index contributed by atoms with van der Waals surface area (Å²) in [7, 11) is 3.21. The highest BCUT2D eigenvalue weighted by Crippen LogP contribution is 2.44. The van der Waals surface area contributed by atoms with E-state index < -0.39 is 0 Å². The largest absolute Gasteiger partial charge is 0.493 e. The van der Waals surface area contributed by atoms with Crippen molar-refractivity contribution in [1.82, 2.24) is 15.1 Å². The van der Waals surface area contributed by atoms with Crippen molar-refractivity contribution in [2.75, 3.05) is 20.8 Å². The monoisotopic (exact) mass is 507 g/mol. The van der Waals surface area contributed by atoms with E-state index in [1.165, 1.54) is 0 Å². The Balaban J connectivity index is 1.54. The molecule has 4 aromatic rings. The first kappa shape index (κ1) is 23.3. The highest BCUT2D eigenvalue weighted by molar-refractivity contribution is 6.31. The Morgan fingerprint density at radius 2 is 1.71 bits per heavy atom. The second-order valence-corrected chi connectivity index (χ2v) is 9.07. The molecule has 178 valence electrons. The Morgan fingerprint density at radius 1 is 0.971 bits per heavy atom. The van der Waals surface area contributed by atoms with Gasteiger partial charge in [0.1, 0.15) is 5.69 Å². The van der Waals surface area contributed by atoms with Crippen LogP contribution in [0.1, 0.15) is 33.2 Å². The van der Waals surface area contributed by atoms with Gasteiger partial charge in [-0.25, -0.2) is 0 Å². The van der Waals surface area contributed by atoms with E-state index >= 15 is 0 Å². The number of aromatic amines is 1. The second kappa shape index (κ2) is 9.64. The van der Waals surface area contributed by atoms with Gasteiger partial charge >= 0.3 is 0 Å². The number of nitrogens with one attached hydrogen (secondary N) is 1. The van der Waals surface area contributed by atoms with Gasteiger partial charge in [-0.05, 0) is 47.9 Å². The summed E-state index contributed by atoms with van der Waals surface area (Å²) in [6.45, 7) is 0.479. The highest BCUT2D eigenvalue weighted by atomic mass is 35.5. The molecule has 0 bridgehead atoms. The first-order valence-electron chi connectivity index (χ1n) is 11.1. The molecule has 2 heterocycles. The lowest BCUT2D eigenvalue weighted by molar-refractivity contribution is 0.0746. The number of benzene rings is 3. The van der Waals surface area contributed by atoms with Gasteiger partial charge in [0.2, 0.25) is 0 Å². The summed E-state index contributed by atoms with van der Waals surface area (Å²) >= 11 is 12.7. The quantitative estimate of drug-likeness (QED) is 0.323. The molecule has 1 N–H and O–H groups in total. The summed E-state index contributed by atoms with van der Waals surface area (Å²) in [5, 5.41) is 8.71. The molecule has 1 amide bonds. The maximum absolute atomic E-state index is 13.6. The normalized spacial score (nSPS) is 14.8. The number of fused-ring (bicyclic) bond motifs is 1. The number of ether oxygens (including phenoxy) is 2. The number of aromatic nitrogens is 2. The van der Waals surface area contributed by atoms with Crippen LogP contribution >= 0.6 is 23.2 Å². The topological polar surface area (TPSA) is 67.5 Å². The molecular weight excluding hydrogens is 485 g/mol. The van der Waals surface area contributed by atoms with Crippen LogP contribution in [0.2, 0.25) is 10.0 Å². The lowest BCUT2D eigenvalue weighted by atomic mass is 9.96. The average Bonchev–Trinajstić information content (AvgIpc) is 3.42. The molecule has 0 saturated carbocycles. The average molecular weight is 508 g/mol. The molecular formula is C27H23Cl2N3O3. The van der Waals surface area contributed by atoms with E-state index in [0.29, 0.717) is 45.9 Å². The fourth-order valence-corrected chi connectivity index (χ4v) is 4.93. The van der Waals surface area contributed by atoms with Crippen LogP contribution in [-0.4, -0.2) is 41.8 Å². The van der Waals surface area contributed by atoms with Gasteiger partial charge in [0.05, 0.1) is 26.0 Å². The third kappa shape index (κ3) is 4.24. The van der Waals surface area contributed by atoms with Crippen molar-refractivity contribution in [3.8, 4) is 22.8 Å². The summed E-state index contributed by atoms with van der Waals surface area (Å²) in [4.78, 5) is 15.4. The number of nitrogens with zero attached hydrogens (tertiary/aromatic N) is 2. The molecule has 0 saturated heterocycles. The predicted molar refractivity (Wildman–Crippen MR) is 137 cm³/mol. The number of hydrogen-bond acceptors (Lipinski definition) is 4. The van der Waals surface area contributed by atoms with E-state index in [2.05, 4.69) is 10.2 Å². The molecule has 1 aromatic heterocycles. The van der Waals surface area contributed by atoms with Crippen molar-refractivity contribution in [1.29, 1.82) is 0 Å². The van der Waals surface area contributed by atoms with E-state index in [1.54, 1.807) is 14.2 Å². The van der Waals surface area contributed by atoms with E-state index in [-0.39, 0.29) is 11.9 Å². The lowest BCUT2D eigenvalue weighted by Gasteiger charge is -2.27. The van der Waals surface area contributed by atoms with Crippen LogP contribution < -0.4 is 9.47 Å². The SMILES string of the molecule is COc1ccc(CCN2C(=O)c3[nH]nc(-c4ccc(Cl)cc4)c3C2c2ccccc2Cl)cc1OC. The van der Waals surface area contributed by atoms with Gasteiger partial charge in [0, 0.05) is 27.7 Å². The van der Waals surface area contributed by atoms with Crippen LogP contribution in [0, 0.1) is 0 Å². The summed E-state index contributed by atoms with van der Waals surface area (Å²) < 4.78 is 10.8. The van der Waals surface area contributed by atoms with Gasteiger partial charge in [-0.1, -0.05) is 59.6 Å². The number of H-pyrrole nitrogens is 1. The molecule has 5 rings (SSSR count). The van der Waals surface area contributed by atoms with Crippen molar-refractivity contribution in [2.45, 2.75) is 12.5 Å². The van der Waals surface area contributed by atoms with E-state index in [9.17, 15) is 4.79 Å². The number of halogens is 2. The summed E-state index contributed by atoms with van der Waals surface area (Å²) in [6.07, 6.45) is 0.626. The fraction of sp³-hybridized carbons (Fsp3) is 0.185. The fourth-order valence-electron chi connectivity index (χ4n) is 4.56. The van der Waals surface area contributed by atoms with Crippen LogP contribution in [-0.2, 0) is 6.42 Å². The molecule has 3 aromatic carbocycles. The number of hydrogen-bond donors (Lipinski definition) is 1. The van der Waals surface area contributed by atoms with E-state index in [4.69, 9.17) is 32.7 Å². The minimum Gasteiger partial charge on any atom is -0.493 e. The van der Waals surface area contributed by atoms with Gasteiger partial charge in [-0.3, -0.25) is 9.89 Å². The van der Waals surface area contributed by atoms with Gasteiger partial charge < -0.3 is 14.4 Å². The Labute approximate surface area is 213 Å². The first-order chi connectivity index (χ1) is 17.0. The number of methoxy groups -OCH3 is 2. The predicted octanol–water partition coefficient (Wildman–Crippen LogP) is 6.19. The van der Waals surface area contributed by atoms with Gasteiger partial charge in [0.15, 0.2) is 11.5 Å². The molecule has 1 aliphatic heterocycles. The van der Waals surface area contributed by atoms with Crippen molar-refractivity contribution in [2.24, 2.45) is 0 Å².